The maximum atomic E-state index is 12.2. The number of esters is 1. The minimum atomic E-state index is 0.106. The highest BCUT2D eigenvalue weighted by atomic mass is 16.5. The van der Waals surface area contributed by atoms with Crippen LogP contribution in [-0.2, 0) is 9.53 Å². The molecule has 0 aliphatic heterocycles. The van der Waals surface area contributed by atoms with Crippen LogP contribution in [-0.4, -0.2) is 12.1 Å². The number of carbonyl (C=O) groups is 1. The molecular weight excluding hydrogens is 260 g/mol. The molecule has 0 saturated heterocycles. The molecular formula is C19H26O2. The van der Waals surface area contributed by atoms with E-state index in [0.29, 0.717) is 12.3 Å². The van der Waals surface area contributed by atoms with Crippen LogP contribution in [0.4, 0.5) is 0 Å². The van der Waals surface area contributed by atoms with Gasteiger partial charge in [-0.15, -0.1) is 0 Å². The molecule has 4 saturated carbocycles. The van der Waals surface area contributed by atoms with Gasteiger partial charge in [-0.05, 0) is 86.4 Å². The minimum absolute atomic E-state index is 0.106. The summed E-state index contributed by atoms with van der Waals surface area (Å²) in [6.45, 7) is 0. The number of rotatable bonds is 3. The van der Waals surface area contributed by atoms with Crippen molar-refractivity contribution in [2.24, 2.45) is 41.4 Å². The Morgan fingerprint density at radius 3 is 2.57 bits per heavy atom. The lowest BCUT2D eigenvalue weighted by atomic mass is 9.69. The first-order valence-corrected chi connectivity index (χ1v) is 9.17. The fourth-order valence-electron chi connectivity index (χ4n) is 6.84. The Balaban J connectivity index is 1.24. The molecule has 2 heteroatoms. The molecule has 21 heavy (non-hydrogen) atoms. The average molecular weight is 286 g/mol. The van der Waals surface area contributed by atoms with E-state index in [1.807, 2.05) is 0 Å². The van der Waals surface area contributed by atoms with Crippen LogP contribution in [0, 0.1) is 41.4 Å². The van der Waals surface area contributed by atoms with E-state index < -0.39 is 0 Å². The van der Waals surface area contributed by atoms with Crippen molar-refractivity contribution < 1.29 is 9.53 Å². The lowest BCUT2D eigenvalue weighted by Gasteiger charge is -2.36. The zero-order valence-corrected chi connectivity index (χ0v) is 12.7. The third-order valence-electron chi connectivity index (χ3n) is 7.44. The van der Waals surface area contributed by atoms with E-state index >= 15 is 0 Å². The Morgan fingerprint density at radius 2 is 1.76 bits per heavy atom. The summed E-state index contributed by atoms with van der Waals surface area (Å²) >= 11 is 0. The van der Waals surface area contributed by atoms with Crippen molar-refractivity contribution in [3.05, 3.63) is 12.2 Å². The van der Waals surface area contributed by atoms with Gasteiger partial charge in [-0.1, -0.05) is 12.2 Å². The lowest BCUT2D eigenvalue weighted by molar-refractivity contribution is -0.150. The van der Waals surface area contributed by atoms with Crippen LogP contribution in [0.3, 0.4) is 0 Å². The van der Waals surface area contributed by atoms with Crippen molar-refractivity contribution in [3.63, 3.8) is 0 Å². The molecule has 4 fully saturated rings. The molecule has 2 nitrogen and oxygen atoms in total. The van der Waals surface area contributed by atoms with Gasteiger partial charge in [0.15, 0.2) is 0 Å². The summed E-state index contributed by atoms with van der Waals surface area (Å²) in [7, 11) is 0. The van der Waals surface area contributed by atoms with Gasteiger partial charge in [0.05, 0.1) is 0 Å². The fourth-order valence-corrected chi connectivity index (χ4v) is 6.84. The van der Waals surface area contributed by atoms with E-state index in [1.54, 1.807) is 0 Å². The van der Waals surface area contributed by atoms with Gasteiger partial charge in [0.25, 0.3) is 0 Å². The maximum absolute atomic E-state index is 12.2. The molecule has 114 valence electrons. The summed E-state index contributed by atoms with van der Waals surface area (Å²) in [5, 5.41) is 0. The highest BCUT2D eigenvalue weighted by molar-refractivity contribution is 5.70. The van der Waals surface area contributed by atoms with Crippen molar-refractivity contribution in [1.29, 1.82) is 0 Å². The maximum Gasteiger partial charge on any atom is 0.306 e. The van der Waals surface area contributed by atoms with Gasteiger partial charge in [-0.3, -0.25) is 4.79 Å². The Bertz CT molecular complexity index is 476. The standard InChI is InChI=1S/C19H26O2/c20-17(21-15-3-1-2-4-15)10-13-8-14-9-16(13)19-12-6-5-11(7-12)18(14)19/h5-6,11-16,18-19H,1-4,7-10H2. The van der Waals surface area contributed by atoms with E-state index in [0.717, 1.165) is 48.3 Å². The topological polar surface area (TPSA) is 26.3 Å². The predicted octanol–water partition coefficient (Wildman–Crippen LogP) is 3.96. The van der Waals surface area contributed by atoms with Crippen LogP contribution in [0.2, 0.25) is 0 Å². The monoisotopic (exact) mass is 286 g/mol. The largest absolute Gasteiger partial charge is 0.462 e. The van der Waals surface area contributed by atoms with Gasteiger partial charge in [0.1, 0.15) is 6.10 Å². The second kappa shape index (κ2) is 4.60. The molecule has 0 N–H and O–H groups in total. The first-order valence-electron chi connectivity index (χ1n) is 9.17. The molecule has 5 rings (SSSR count). The molecule has 0 aromatic heterocycles. The van der Waals surface area contributed by atoms with E-state index in [4.69, 9.17) is 4.74 Å². The van der Waals surface area contributed by atoms with Gasteiger partial charge in [-0.25, -0.2) is 0 Å². The van der Waals surface area contributed by atoms with Crippen molar-refractivity contribution in [2.45, 2.75) is 57.5 Å². The highest BCUT2D eigenvalue weighted by Gasteiger charge is 2.60. The number of hydrogen-bond donors (Lipinski definition) is 0. The van der Waals surface area contributed by atoms with Gasteiger partial charge in [-0.2, -0.15) is 0 Å². The molecule has 5 aliphatic rings. The van der Waals surface area contributed by atoms with Crippen LogP contribution < -0.4 is 0 Å². The third-order valence-corrected chi connectivity index (χ3v) is 7.44. The Hall–Kier alpha value is -0.790. The smallest absolute Gasteiger partial charge is 0.306 e. The molecule has 0 amide bonds. The molecule has 7 atom stereocenters. The van der Waals surface area contributed by atoms with Gasteiger partial charge in [0, 0.05) is 6.42 Å². The van der Waals surface area contributed by atoms with Crippen LogP contribution in [0.5, 0.6) is 0 Å². The van der Waals surface area contributed by atoms with Gasteiger partial charge >= 0.3 is 5.97 Å². The van der Waals surface area contributed by atoms with Crippen LogP contribution in [0.1, 0.15) is 51.4 Å². The normalized spacial score (nSPS) is 50.0. The van der Waals surface area contributed by atoms with Crippen molar-refractivity contribution in [1.82, 2.24) is 0 Å². The predicted molar refractivity (Wildman–Crippen MR) is 80.4 cm³/mol. The molecule has 4 bridgehead atoms. The van der Waals surface area contributed by atoms with Crippen molar-refractivity contribution in [3.8, 4) is 0 Å². The van der Waals surface area contributed by atoms with Crippen LogP contribution in [0.15, 0.2) is 12.2 Å². The Kier molecular flexibility index (Phi) is 2.79. The molecule has 0 aromatic carbocycles. The minimum Gasteiger partial charge on any atom is -0.462 e. The Morgan fingerprint density at radius 1 is 1.00 bits per heavy atom. The average Bonchev–Trinajstić information content (AvgIpc) is 3.24. The first kappa shape index (κ1) is 12.7. The van der Waals surface area contributed by atoms with E-state index in [9.17, 15) is 4.79 Å². The number of hydrogen-bond acceptors (Lipinski definition) is 2. The summed E-state index contributed by atoms with van der Waals surface area (Å²) in [6, 6.07) is 0. The third kappa shape index (κ3) is 1.87. The van der Waals surface area contributed by atoms with E-state index in [-0.39, 0.29) is 12.1 Å². The molecule has 0 aromatic rings. The summed E-state index contributed by atoms with van der Waals surface area (Å²) in [4.78, 5) is 12.2. The quantitative estimate of drug-likeness (QED) is 0.446. The molecule has 0 spiro atoms. The number of allylic oxidation sites excluding steroid dienone is 2. The second-order valence-corrected chi connectivity index (χ2v) is 8.36. The first-order chi connectivity index (χ1) is 10.3. The summed E-state index contributed by atoms with van der Waals surface area (Å²) in [6.07, 6.45) is 14.8. The van der Waals surface area contributed by atoms with Gasteiger partial charge < -0.3 is 4.74 Å². The van der Waals surface area contributed by atoms with E-state index in [2.05, 4.69) is 12.2 Å². The fraction of sp³-hybridized carbons (Fsp3) is 0.842. The summed E-state index contributed by atoms with van der Waals surface area (Å²) in [5.41, 5.74) is 0. The van der Waals surface area contributed by atoms with Gasteiger partial charge in [0.2, 0.25) is 0 Å². The Labute approximate surface area is 127 Å². The summed E-state index contributed by atoms with van der Waals surface area (Å²) < 4.78 is 5.70. The second-order valence-electron chi connectivity index (χ2n) is 8.36. The lowest BCUT2D eigenvalue weighted by Crippen LogP contribution is -2.32. The van der Waals surface area contributed by atoms with E-state index in [1.165, 1.54) is 32.1 Å². The number of fused-ring (bicyclic) bond motifs is 9. The van der Waals surface area contributed by atoms with Crippen molar-refractivity contribution >= 4 is 5.97 Å². The SMILES string of the molecule is O=C(CC1CC2CC1C1C3C=CC(C3)C21)OC1CCCC1. The zero-order chi connectivity index (χ0) is 14.0. The number of ether oxygens (including phenoxy) is 1. The molecule has 7 unspecified atom stereocenters. The molecule has 0 heterocycles. The zero-order valence-electron chi connectivity index (χ0n) is 12.7. The van der Waals surface area contributed by atoms with Crippen LogP contribution in [0.25, 0.3) is 0 Å². The number of carbonyl (C=O) groups excluding carboxylic acids is 1. The van der Waals surface area contributed by atoms with Crippen molar-refractivity contribution in [2.75, 3.05) is 0 Å². The molecule has 0 radical (unpaired) electrons. The molecule has 5 aliphatic carbocycles. The summed E-state index contributed by atoms with van der Waals surface area (Å²) in [5.74, 6) is 6.13. The van der Waals surface area contributed by atoms with Crippen LogP contribution >= 0.6 is 0 Å². The highest BCUT2D eigenvalue weighted by Crippen LogP contribution is 2.67.